The van der Waals surface area contributed by atoms with Gasteiger partial charge in [-0.25, -0.2) is 9.50 Å². The minimum atomic E-state index is -0.468. The Labute approximate surface area is 161 Å². The molecule has 0 radical (unpaired) electrons. The number of aliphatic hydroxyl groups excluding tert-OH is 2. The third kappa shape index (κ3) is 2.87. The first-order chi connectivity index (χ1) is 13.1. The van der Waals surface area contributed by atoms with Gasteiger partial charge in [-0.1, -0.05) is 11.6 Å². The smallest absolute Gasteiger partial charge is 0.163 e. The minimum absolute atomic E-state index is 0.195. The molecule has 7 nitrogen and oxygen atoms in total. The quantitative estimate of drug-likeness (QED) is 0.696. The van der Waals surface area contributed by atoms with Gasteiger partial charge in [0.05, 0.1) is 61.2 Å². The highest BCUT2D eigenvalue weighted by Gasteiger charge is 2.28. The molecule has 0 atom stereocenters. The number of methoxy groups -OCH3 is 1. The fourth-order valence-electron chi connectivity index (χ4n) is 3.57. The maximum atomic E-state index is 9.77. The summed E-state index contributed by atoms with van der Waals surface area (Å²) in [5.74, 6) is 0.200. The predicted octanol–water partition coefficient (Wildman–Crippen LogP) is 2.47. The number of hydrogen-bond donors (Lipinski definition) is 2. The highest BCUT2D eigenvalue weighted by Crippen LogP contribution is 2.38. The topological polar surface area (TPSA) is 89.1 Å². The van der Waals surface area contributed by atoms with E-state index in [0.29, 0.717) is 29.6 Å². The summed E-state index contributed by atoms with van der Waals surface area (Å²) >= 11 is 6.50. The lowest BCUT2D eigenvalue weighted by Gasteiger charge is -2.17. The summed E-state index contributed by atoms with van der Waals surface area (Å²) in [6.07, 6.45) is 0. The highest BCUT2D eigenvalue weighted by atomic mass is 35.5. The molecule has 1 aromatic carbocycles. The minimum Gasteiger partial charge on any atom is -0.497 e. The van der Waals surface area contributed by atoms with Crippen molar-refractivity contribution in [2.24, 2.45) is 0 Å². The van der Waals surface area contributed by atoms with Crippen LogP contribution in [-0.4, -0.2) is 45.1 Å². The summed E-state index contributed by atoms with van der Waals surface area (Å²) in [7, 11) is 1.59. The largest absolute Gasteiger partial charge is 0.497 e. The van der Waals surface area contributed by atoms with Gasteiger partial charge in [0, 0.05) is 17.0 Å². The van der Waals surface area contributed by atoms with Gasteiger partial charge in [-0.05, 0) is 25.1 Å². The lowest BCUT2D eigenvalue weighted by atomic mass is 10.0. The normalized spacial score (nSPS) is 13.6. The van der Waals surface area contributed by atoms with Gasteiger partial charge in [-0.3, -0.25) is 0 Å². The number of nitrogens with zero attached hydrogens (tertiary/aromatic N) is 3. The van der Waals surface area contributed by atoms with Gasteiger partial charge < -0.3 is 19.7 Å². The molecule has 4 rings (SSSR count). The van der Waals surface area contributed by atoms with E-state index >= 15 is 0 Å². The van der Waals surface area contributed by atoms with Crippen LogP contribution in [0.1, 0.15) is 28.6 Å². The molecule has 0 bridgehead atoms. The maximum Gasteiger partial charge on any atom is 0.163 e. The van der Waals surface area contributed by atoms with Crippen LogP contribution < -0.4 is 4.74 Å². The summed E-state index contributed by atoms with van der Waals surface area (Å²) in [5.41, 5.74) is 5.41. The predicted molar refractivity (Wildman–Crippen MR) is 100 cm³/mol. The molecule has 0 amide bonds. The third-order valence-corrected chi connectivity index (χ3v) is 5.23. The van der Waals surface area contributed by atoms with Gasteiger partial charge in [0.2, 0.25) is 0 Å². The number of ether oxygens (including phenoxy) is 2. The van der Waals surface area contributed by atoms with Gasteiger partial charge in [-0.15, -0.1) is 0 Å². The van der Waals surface area contributed by atoms with E-state index in [1.54, 1.807) is 17.7 Å². The number of aryl methyl sites for hydroxylation is 1. The van der Waals surface area contributed by atoms with Crippen molar-refractivity contribution >= 4 is 17.2 Å². The Bertz CT molecular complexity index is 1010. The van der Waals surface area contributed by atoms with E-state index in [4.69, 9.17) is 26.1 Å². The molecule has 0 saturated heterocycles. The Morgan fingerprint density at radius 1 is 1.30 bits per heavy atom. The molecule has 3 heterocycles. The van der Waals surface area contributed by atoms with E-state index in [0.717, 1.165) is 33.8 Å². The van der Waals surface area contributed by atoms with Crippen molar-refractivity contribution in [3.05, 3.63) is 45.9 Å². The first kappa shape index (κ1) is 18.2. The van der Waals surface area contributed by atoms with Crippen LogP contribution in [0.5, 0.6) is 5.75 Å². The first-order valence-corrected chi connectivity index (χ1v) is 9.01. The molecule has 2 aromatic heterocycles. The van der Waals surface area contributed by atoms with Crippen LogP contribution in [0.15, 0.2) is 18.2 Å². The second kappa shape index (κ2) is 7.09. The van der Waals surface area contributed by atoms with Gasteiger partial charge in [-0.2, -0.15) is 5.10 Å². The zero-order chi connectivity index (χ0) is 19.1. The van der Waals surface area contributed by atoms with Crippen molar-refractivity contribution in [1.82, 2.24) is 14.6 Å². The number of rotatable bonds is 5. The lowest BCUT2D eigenvalue weighted by Crippen LogP contribution is -2.18. The monoisotopic (exact) mass is 389 g/mol. The SMILES string of the molecule is COc1ccc(-c2c(C)nn3c(C(CO)CO)c4c(nc23)COC4)c(Cl)c1. The Balaban J connectivity index is 2.02. The number of fused-ring (bicyclic) bond motifs is 2. The standard InChI is InChI=1S/C19H20ClN3O4/c1-10-17(13-4-3-12(26-2)5-15(13)20)19-21-16-9-27-8-14(16)18(23(19)22-10)11(6-24)7-25/h3-5,11,24-25H,6-9H2,1-2H3. The second-order valence-corrected chi connectivity index (χ2v) is 6.93. The average Bonchev–Trinajstić information content (AvgIpc) is 3.26. The van der Waals surface area contributed by atoms with Crippen LogP contribution in [-0.2, 0) is 18.0 Å². The van der Waals surface area contributed by atoms with Crippen LogP contribution >= 0.6 is 11.6 Å². The molecule has 1 aliphatic rings. The Morgan fingerprint density at radius 3 is 2.74 bits per heavy atom. The molecule has 3 aromatic rings. The molecule has 0 aliphatic carbocycles. The molecule has 1 aliphatic heterocycles. The van der Waals surface area contributed by atoms with E-state index in [-0.39, 0.29) is 13.2 Å². The van der Waals surface area contributed by atoms with Crippen molar-refractivity contribution in [2.75, 3.05) is 20.3 Å². The van der Waals surface area contributed by atoms with Crippen LogP contribution in [0.25, 0.3) is 16.8 Å². The van der Waals surface area contributed by atoms with Crippen LogP contribution in [0.3, 0.4) is 0 Å². The Hall–Kier alpha value is -2.19. The number of aliphatic hydroxyl groups is 2. The zero-order valence-electron chi connectivity index (χ0n) is 15.1. The molecule has 8 heteroatoms. The molecule has 0 saturated carbocycles. The number of benzene rings is 1. The molecule has 0 spiro atoms. The summed E-state index contributed by atoms with van der Waals surface area (Å²) in [6.45, 7) is 2.28. The van der Waals surface area contributed by atoms with Crippen LogP contribution in [0, 0.1) is 6.92 Å². The van der Waals surface area contributed by atoms with Gasteiger partial charge in [0.15, 0.2) is 5.65 Å². The average molecular weight is 390 g/mol. The zero-order valence-corrected chi connectivity index (χ0v) is 15.8. The Morgan fingerprint density at radius 2 is 2.07 bits per heavy atom. The lowest BCUT2D eigenvalue weighted by molar-refractivity contribution is 0.131. The van der Waals surface area contributed by atoms with E-state index in [2.05, 4.69) is 5.10 Å². The number of halogens is 1. The van der Waals surface area contributed by atoms with E-state index in [1.807, 2.05) is 19.1 Å². The summed E-state index contributed by atoms with van der Waals surface area (Å²) in [5, 5.41) is 24.7. The summed E-state index contributed by atoms with van der Waals surface area (Å²) in [6, 6.07) is 5.47. The highest BCUT2D eigenvalue weighted by molar-refractivity contribution is 6.33. The van der Waals surface area contributed by atoms with E-state index < -0.39 is 5.92 Å². The molecule has 2 N–H and O–H groups in total. The van der Waals surface area contributed by atoms with Crippen molar-refractivity contribution in [3.8, 4) is 16.9 Å². The molecular weight excluding hydrogens is 370 g/mol. The van der Waals surface area contributed by atoms with Crippen molar-refractivity contribution in [3.63, 3.8) is 0 Å². The van der Waals surface area contributed by atoms with Gasteiger partial charge in [0.25, 0.3) is 0 Å². The molecule has 0 fully saturated rings. The van der Waals surface area contributed by atoms with Crippen molar-refractivity contribution in [1.29, 1.82) is 0 Å². The van der Waals surface area contributed by atoms with Crippen molar-refractivity contribution < 1.29 is 19.7 Å². The third-order valence-electron chi connectivity index (χ3n) is 4.92. The molecular formula is C19H20ClN3O4. The van der Waals surface area contributed by atoms with Gasteiger partial charge in [0.1, 0.15) is 5.75 Å². The van der Waals surface area contributed by atoms with Crippen molar-refractivity contribution in [2.45, 2.75) is 26.1 Å². The molecule has 142 valence electrons. The molecule has 27 heavy (non-hydrogen) atoms. The first-order valence-electron chi connectivity index (χ1n) is 8.63. The van der Waals surface area contributed by atoms with E-state index in [1.165, 1.54) is 0 Å². The Kier molecular flexibility index (Phi) is 4.77. The maximum absolute atomic E-state index is 9.77. The fourth-order valence-corrected chi connectivity index (χ4v) is 3.84. The van der Waals surface area contributed by atoms with E-state index in [9.17, 15) is 10.2 Å². The van der Waals surface area contributed by atoms with Crippen LogP contribution in [0.2, 0.25) is 5.02 Å². The number of aromatic nitrogens is 3. The second-order valence-electron chi connectivity index (χ2n) is 6.52. The summed E-state index contributed by atoms with van der Waals surface area (Å²) in [4.78, 5) is 4.77. The van der Waals surface area contributed by atoms with Crippen LogP contribution in [0.4, 0.5) is 0 Å². The molecule has 0 unspecified atom stereocenters. The fraction of sp³-hybridized carbons (Fsp3) is 0.368. The van der Waals surface area contributed by atoms with Gasteiger partial charge >= 0.3 is 0 Å². The summed E-state index contributed by atoms with van der Waals surface area (Å²) < 4.78 is 12.5. The number of hydrogen-bond acceptors (Lipinski definition) is 6.